The summed E-state index contributed by atoms with van der Waals surface area (Å²) in [6.45, 7) is 14.9. The molecule has 0 bridgehead atoms. The minimum atomic E-state index is -0.470. The van der Waals surface area contributed by atoms with Gasteiger partial charge in [-0.3, -0.25) is 14.5 Å². The number of amides is 2. The van der Waals surface area contributed by atoms with E-state index in [0.717, 1.165) is 23.5 Å². The van der Waals surface area contributed by atoms with E-state index < -0.39 is 5.54 Å². The summed E-state index contributed by atoms with van der Waals surface area (Å²) in [6, 6.07) is 5.91. The van der Waals surface area contributed by atoms with Gasteiger partial charge in [-0.2, -0.15) is 0 Å². The number of carbonyl (C=O) groups is 2. The molecule has 2 amide bonds. The fourth-order valence-electron chi connectivity index (χ4n) is 4.15. The first-order chi connectivity index (χ1) is 17.8. The largest absolute Gasteiger partial charge is 0.487 e. The minimum Gasteiger partial charge on any atom is -0.487 e. The normalized spacial score (nSPS) is 19.2. The lowest BCUT2D eigenvalue weighted by Crippen LogP contribution is -2.50. The first-order valence-corrected chi connectivity index (χ1v) is 12.7. The van der Waals surface area contributed by atoms with Gasteiger partial charge in [-0.05, 0) is 53.5 Å². The smallest absolute Gasteiger partial charge is 0.231 e. The first-order valence-electron chi connectivity index (χ1n) is 12.7. The van der Waals surface area contributed by atoms with Gasteiger partial charge >= 0.3 is 0 Å². The van der Waals surface area contributed by atoms with E-state index in [9.17, 15) is 9.59 Å². The van der Waals surface area contributed by atoms with Gasteiger partial charge in [0, 0.05) is 38.2 Å². The second kappa shape index (κ2) is 15.7. The Bertz CT molecular complexity index is 986. The molecule has 0 spiro atoms. The van der Waals surface area contributed by atoms with E-state index in [0.29, 0.717) is 25.8 Å². The fraction of sp³-hybridized carbons (Fsp3) is 0.567. The molecule has 0 fully saturated rings. The number of terminal acetylenes is 2. The van der Waals surface area contributed by atoms with Crippen LogP contribution in [-0.2, 0) is 14.3 Å². The summed E-state index contributed by atoms with van der Waals surface area (Å²) in [4.78, 5) is 31.2. The lowest BCUT2D eigenvalue weighted by Gasteiger charge is -2.39. The highest BCUT2D eigenvalue weighted by molar-refractivity contribution is 5.99. The van der Waals surface area contributed by atoms with Gasteiger partial charge in [0.1, 0.15) is 11.4 Å². The van der Waals surface area contributed by atoms with E-state index in [-0.39, 0.29) is 35.3 Å². The van der Waals surface area contributed by atoms with Crippen LogP contribution >= 0.6 is 0 Å². The lowest BCUT2D eigenvalue weighted by molar-refractivity contribution is -0.131. The molecule has 3 N–H and O–H groups in total. The van der Waals surface area contributed by atoms with E-state index >= 15 is 0 Å². The van der Waals surface area contributed by atoms with Gasteiger partial charge in [-0.1, -0.05) is 25.1 Å². The molecule has 0 aliphatic carbocycles. The van der Waals surface area contributed by atoms with Crippen molar-refractivity contribution in [2.75, 3.05) is 20.3 Å². The summed E-state index contributed by atoms with van der Waals surface area (Å²) >= 11 is 0. The fourth-order valence-corrected chi connectivity index (χ4v) is 4.15. The van der Waals surface area contributed by atoms with Crippen molar-refractivity contribution in [3.63, 3.8) is 0 Å². The van der Waals surface area contributed by atoms with Gasteiger partial charge in [-0.25, -0.2) is 4.99 Å². The maximum atomic E-state index is 12.9. The third-order valence-electron chi connectivity index (χ3n) is 6.11. The van der Waals surface area contributed by atoms with Crippen LogP contribution in [0, 0.1) is 38.5 Å². The highest BCUT2D eigenvalue weighted by Gasteiger charge is 2.36. The average Bonchev–Trinajstić information content (AvgIpc) is 2.85. The van der Waals surface area contributed by atoms with Gasteiger partial charge in [0.15, 0.2) is 5.96 Å². The Morgan fingerprint density at radius 2 is 1.84 bits per heavy atom. The van der Waals surface area contributed by atoms with E-state index in [4.69, 9.17) is 10.5 Å². The zero-order chi connectivity index (χ0) is 29.7. The van der Waals surface area contributed by atoms with E-state index in [1.807, 2.05) is 66.7 Å². The molecule has 8 heteroatoms. The van der Waals surface area contributed by atoms with Crippen molar-refractivity contribution in [1.82, 2.24) is 10.2 Å². The minimum absolute atomic E-state index is 0.0366. The van der Waals surface area contributed by atoms with Crippen molar-refractivity contribution < 1.29 is 19.1 Å². The van der Waals surface area contributed by atoms with Crippen molar-refractivity contribution in [2.45, 2.75) is 84.9 Å². The molecule has 1 aromatic carbocycles. The van der Waals surface area contributed by atoms with Crippen LogP contribution in [0.2, 0.25) is 0 Å². The van der Waals surface area contributed by atoms with Crippen molar-refractivity contribution >= 4 is 17.8 Å². The number of aryl methyl sites for hydroxylation is 1. The number of benzene rings is 1. The van der Waals surface area contributed by atoms with Crippen molar-refractivity contribution in [3.05, 3.63) is 29.3 Å². The monoisotopic (exact) mass is 526 g/mol. The lowest BCUT2D eigenvalue weighted by atomic mass is 9.88. The van der Waals surface area contributed by atoms with Gasteiger partial charge in [0.2, 0.25) is 11.8 Å². The number of guanidine groups is 1. The molecule has 2 aliphatic heterocycles. The second-order valence-corrected chi connectivity index (χ2v) is 10.4. The number of fused-ring (bicyclic) bond motifs is 1. The molecule has 1 aromatic rings. The van der Waals surface area contributed by atoms with Crippen molar-refractivity contribution in [1.29, 1.82) is 0 Å². The number of rotatable bonds is 6. The number of hydrogen-bond donors (Lipinski definition) is 2. The van der Waals surface area contributed by atoms with Gasteiger partial charge < -0.3 is 20.5 Å². The molecule has 2 aliphatic rings. The molecule has 8 nitrogen and oxygen atoms in total. The zero-order valence-electron chi connectivity index (χ0n) is 24.3. The number of aliphatic imine (C=N–C) groups is 1. The van der Waals surface area contributed by atoms with Crippen LogP contribution in [0.3, 0.4) is 0 Å². The Balaban J connectivity index is 0.00000153. The van der Waals surface area contributed by atoms with Crippen LogP contribution in [0.25, 0.3) is 0 Å². The molecule has 0 saturated carbocycles. The molecule has 2 atom stereocenters. The van der Waals surface area contributed by atoms with E-state index in [2.05, 4.69) is 40.7 Å². The quantitative estimate of drug-likeness (QED) is 0.540. The van der Waals surface area contributed by atoms with Gasteiger partial charge in [0.25, 0.3) is 0 Å². The summed E-state index contributed by atoms with van der Waals surface area (Å²) < 4.78 is 10.7. The van der Waals surface area contributed by atoms with Gasteiger partial charge in [0.05, 0.1) is 18.0 Å². The molecular weight excluding hydrogens is 480 g/mol. The Morgan fingerprint density at radius 3 is 2.37 bits per heavy atom. The molecule has 38 heavy (non-hydrogen) atoms. The zero-order valence-corrected chi connectivity index (χ0v) is 24.3. The number of methoxy groups -OCH3 is 1. The first kappa shape index (κ1) is 34.5. The summed E-state index contributed by atoms with van der Waals surface area (Å²) in [6.07, 6.45) is 17.5. The number of para-hydroxylation sites is 1. The highest BCUT2D eigenvalue weighted by Crippen LogP contribution is 2.41. The number of nitrogens with zero attached hydrogens (tertiary/aromatic N) is 2. The maximum absolute atomic E-state index is 12.9. The number of nitrogens with one attached hydrogen (secondary N) is 1. The Morgan fingerprint density at radius 1 is 1.26 bits per heavy atom. The second-order valence-electron chi connectivity index (χ2n) is 10.4. The molecule has 0 radical (unpaired) electrons. The average molecular weight is 527 g/mol. The number of ether oxygens (including phenoxy) is 2. The predicted molar refractivity (Wildman–Crippen MR) is 155 cm³/mol. The van der Waals surface area contributed by atoms with E-state index in [1.165, 1.54) is 4.90 Å². The standard InChI is InChI=1S/C23H34N4O3.C3H8O.2C2H2/c1-14-8-7-9-16-17(12-23(5,6)30-19(14)16)25-20(29)15(2)10-11-27-18(28)13-22(3,4)26-21(27)24;1-3-4-2;2*1-2/h7-9,15,17H,10-13H2,1-6H3,(H2,24,26)(H,25,29);3H2,1-2H3;2*1-2H. The topological polar surface area (TPSA) is 106 Å². The predicted octanol–water partition coefficient (Wildman–Crippen LogP) is 4.22. The summed E-state index contributed by atoms with van der Waals surface area (Å²) in [7, 11) is 1.68. The highest BCUT2D eigenvalue weighted by atomic mass is 16.5. The van der Waals surface area contributed by atoms with Gasteiger partial charge in [-0.15, -0.1) is 25.7 Å². The SMILES string of the molecule is C#C.C#C.CCOC.Cc1cccc2c1OC(C)(C)CC2NC(=O)C(C)CCN1C(=O)CC(C)(C)N=C1N. The molecule has 3 rings (SSSR count). The maximum Gasteiger partial charge on any atom is 0.231 e. The molecule has 2 heterocycles. The van der Waals surface area contributed by atoms with Crippen molar-refractivity contribution in [3.8, 4) is 31.4 Å². The van der Waals surface area contributed by atoms with Crippen LogP contribution in [0.5, 0.6) is 5.75 Å². The van der Waals surface area contributed by atoms with Crippen molar-refractivity contribution in [2.24, 2.45) is 16.6 Å². The van der Waals surface area contributed by atoms with Crippen LogP contribution in [0.1, 0.15) is 78.0 Å². The molecule has 2 unspecified atom stereocenters. The summed E-state index contributed by atoms with van der Waals surface area (Å²) in [5.41, 5.74) is 7.24. The third-order valence-corrected chi connectivity index (χ3v) is 6.11. The Hall–Kier alpha value is -3.49. The van der Waals surface area contributed by atoms with Crippen LogP contribution in [0.15, 0.2) is 23.2 Å². The van der Waals surface area contributed by atoms with Crippen LogP contribution < -0.4 is 15.8 Å². The molecular formula is C30H46N4O4. The number of carbonyl (C=O) groups excluding carboxylic acids is 2. The summed E-state index contributed by atoms with van der Waals surface area (Å²) in [5, 5.41) is 3.20. The molecule has 210 valence electrons. The Kier molecular flexibility index (Phi) is 14.2. The molecule has 0 aromatic heterocycles. The number of nitrogens with two attached hydrogens (primary N) is 1. The molecule has 0 saturated heterocycles. The third kappa shape index (κ3) is 10.1. The number of hydrogen-bond acceptors (Lipinski definition) is 6. The Labute approximate surface area is 229 Å². The van der Waals surface area contributed by atoms with Crippen LogP contribution in [-0.4, -0.2) is 54.1 Å². The summed E-state index contributed by atoms with van der Waals surface area (Å²) in [5.74, 6) is 0.748. The van der Waals surface area contributed by atoms with E-state index in [1.54, 1.807) is 7.11 Å². The van der Waals surface area contributed by atoms with Crippen LogP contribution in [0.4, 0.5) is 0 Å².